The summed E-state index contributed by atoms with van der Waals surface area (Å²) in [6.45, 7) is 2.15. The van der Waals surface area contributed by atoms with E-state index in [0.29, 0.717) is 34.6 Å². The molecular formula is C16H15ClN3O3-. The highest BCUT2D eigenvalue weighted by atomic mass is 35.5. The molecule has 1 saturated carbocycles. The minimum absolute atomic E-state index is 0.199. The zero-order chi connectivity index (χ0) is 16.1. The van der Waals surface area contributed by atoms with Crippen LogP contribution in [0.15, 0.2) is 24.5 Å². The molecule has 1 aliphatic carbocycles. The van der Waals surface area contributed by atoms with Crippen molar-refractivity contribution in [2.75, 3.05) is 11.7 Å². The number of carbonyl (C=O) groups is 1. The zero-order valence-electron chi connectivity index (χ0n) is 12.5. The van der Waals surface area contributed by atoms with E-state index in [-0.39, 0.29) is 5.69 Å². The fourth-order valence-electron chi connectivity index (χ4n) is 2.87. The Morgan fingerprint density at radius 1 is 1.48 bits per heavy atom. The first-order valence-corrected chi connectivity index (χ1v) is 7.95. The van der Waals surface area contributed by atoms with Gasteiger partial charge in [0.2, 0.25) is 0 Å². The van der Waals surface area contributed by atoms with Gasteiger partial charge in [0.1, 0.15) is 6.33 Å². The molecule has 2 heterocycles. The van der Waals surface area contributed by atoms with Gasteiger partial charge in [0.05, 0.1) is 34.7 Å². The third-order valence-corrected chi connectivity index (χ3v) is 4.64. The number of halogens is 1. The molecule has 1 atom stereocenters. The molecule has 1 fully saturated rings. The van der Waals surface area contributed by atoms with Gasteiger partial charge in [0.25, 0.3) is 0 Å². The molecule has 120 valence electrons. The molecule has 0 N–H and O–H groups in total. The van der Waals surface area contributed by atoms with Crippen LogP contribution >= 0.6 is 11.6 Å². The van der Waals surface area contributed by atoms with Crippen molar-refractivity contribution >= 4 is 23.3 Å². The second-order valence-electron chi connectivity index (χ2n) is 6.00. The predicted octanol–water partition coefficient (Wildman–Crippen LogP) is 3.47. The first-order chi connectivity index (χ1) is 11.1. The van der Waals surface area contributed by atoms with Crippen LogP contribution in [0.5, 0.6) is 0 Å². The van der Waals surface area contributed by atoms with Gasteiger partial charge in [-0.05, 0) is 37.8 Å². The van der Waals surface area contributed by atoms with Crippen molar-refractivity contribution in [1.82, 2.24) is 9.55 Å². The largest absolute Gasteiger partial charge is 0.758 e. The molecule has 6 nitrogen and oxygen atoms in total. The van der Waals surface area contributed by atoms with Gasteiger partial charge in [-0.3, -0.25) is 4.57 Å². The van der Waals surface area contributed by atoms with Crippen LogP contribution in [0.2, 0.25) is 5.02 Å². The maximum atomic E-state index is 12.6. The number of para-hydroxylation sites is 1. The Morgan fingerprint density at radius 2 is 2.26 bits per heavy atom. The predicted molar refractivity (Wildman–Crippen MR) is 85.8 cm³/mol. The molecule has 1 aromatic heterocycles. The van der Waals surface area contributed by atoms with Crippen molar-refractivity contribution in [3.63, 3.8) is 0 Å². The van der Waals surface area contributed by atoms with Crippen molar-refractivity contribution in [1.29, 1.82) is 0 Å². The lowest BCUT2D eigenvalue weighted by Crippen LogP contribution is -2.29. The molecular weight excluding hydrogens is 318 g/mol. The normalized spacial score (nSPS) is 19.3. The fraction of sp³-hybridized carbons (Fsp3) is 0.375. The Balaban J connectivity index is 1.76. The average molecular weight is 333 g/mol. The van der Waals surface area contributed by atoms with Gasteiger partial charge in [0, 0.05) is 0 Å². The number of imidazole rings is 1. The summed E-state index contributed by atoms with van der Waals surface area (Å²) in [7, 11) is 0. The monoisotopic (exact) mass is 332 g/mol. The van der Waals surface area contributed by atoms with Crippen molar-refractivity contribution in [2.45, 2.75) is 25.8 Å². The molecule has 7 heteroatoms. The minimum atomic E-state index is -0.576. The molecule has 4 rings (SSSR count). The molecule has 0 amide bonds. The zero-order valence-corrected chi connectivity index (χ0v) is 13.3. The van der Waals surface area contributed by atoms with E-state index < -0.39 is 12.0 Å². The highest BCUT2D eigenvalue weighted by Crippen LogP contribution is 2.43. The Morgan fingerprint density at radius 3 is 3.00 bits per heavy atom. The number of nitrogens with zero attached hydrogens (tertiary/aromatic N) is 3. The first-order valence-electron chi connectivity index (χ1n) is 7.57. The molecule has 0 radical (unpaired) electrons. The lowest BCUT2D eigenvalue weighted by molar-refractivity contribution is 0.0478. The molecule has 23 heavy (non-hydrogen) atoms. The highest BCUT2D eigenvalue weighted by molar-refractivity contribution is 6.33. The quantitative estimate of drug-likeness (QED) is 0.805. The van der Waals surface area contributed by atoms with Crippen molar-refractivity contribution in [3.8, 4) is 5.69 Å². The molecule has 0 saturated heterocycles. The Labute approximate surface area is 138 Å². The van der Waals surface area contributed by atoms with Crippen LogP contribution in [0.25, 0.3) is 5.69 Å². The number of hydrogen-bond acceptors (Lipinski definition) is 5. The van der Waals surface area contributed by atoms with Crippen molar-refractivity contribution < 1.29 is 9.53 Å². The van der Waals surface area contributed by atoms with E-state index in [1.54, 1.807) is 36.0 Å². The SMILES string of the molecule is CC1c2c(C(=O)OCC3CC3)ncn2-c2cccc(Cl)c2N1[O-]. The molecule has 2 aliphatic rings. The van der Waals surface area contributed by atoms with Crippen LogP contribution in [0.4, 0.5) is 5.69 Å². The van der Waals surface area contributed by atoms with Crippen LogP contribution < -0.4 is 5.06 Å². The number of fused-ring (bicyclic) bond motifs is 3. The second kappa shape index (κ2) is 5.25. The fourth-order valence-corrected chi connectivity index (χ4v) is 3.13. The van der Waals surface area contributed by atoms with Gasteiger partial charge in [-0.15, -0.1) is 0 Å². The topological polar surface area (TPSA) is 70.4 Å². The van der Waals surface area contributed by atoms with Crippen molar-refractivity contribution in [3.05, 3.63) is 46.1 Å². The minimum Gasteiger partial charge on any atom is -0.758 e. The van der Waals surface area contributed by atoms with Gasteiger partial charge in [-0.25, -0.2) is 9.78 Å². The molecule has 1 aliphatic heterocycles. The maximum Gasteiger partial charge on any atom is 0.358 e. The van der Waals surface area contributed by atoms with Crippen LogP contribution in [0.3, 0.4) is 0 Å². The first kappa shape index (κ1) is 14.5. The second-order valence-corrected chi connectivity index (χ2v) is 6.41. The standard InChI is InChI=1S/C16H15ClN3O3/c1-9-14-13(16(21)23-7-10-5-6-10)18-8-19(14)12-4-2-3-11(17)15(12)20(9)22/h2-4,8-10H,5-7H2,1H3/q-1. The number of hydrogen-bond donors (Lipinski definition) is 0. The van der Waals surface area contributed by atoms with Crippen LogP contribution in [-0.2, 0) is 4.74 Å². The summed E-state index contributed by atoms with van der Waals surface area (Å²) < 4.78 is 7.05. The number of benzene rings is 1. The van der Waals surface area contributed by atoms with E-state index in [1.807, 2.05) is 0 Å². The summed E-state index contributed by atoms with van der Waals surface area (Å²) in [6.07, 6.45) is 3.75. The third-order valence-electron chi connectivity index (χ3n) is 4.34. The van der Waals surface area contributed by atoms with Gasteiger partial charge in [-0.1, -0.05) is 17.7 Å². The average Bonchev–Trinajstić information content (AvgIpc) is 3.26. The van der Waals surface area contributed by atoms with Gasteiger partial charge >= 0.3 is 5.97 Å². The summed E-state index contributed by atoms with van der Waals surface area (Å²) in [5.74, 6) is 0.00160. The lowest BCUT2D eigenvalue weighted by Gasteiger charge is -2.43. The molecule has 0 spiro atoms. The van der Waals surface area contributed by atoms with Gasteiger partial charge < -0.3 is 15.0 Å². The number of rotatable bonds is 3. The molecule has 1 unspecified atom stereocenters. The van der Waals surface area contributed by atoms with E-state index in [2.05, 4.69) is 4.98 Å². The lowest BCUT2D eigenvalue weighted by atomic mass is 10.1. The number of ether oxygens (including phenoxy) is 1. The molecule has 0 bridgehead atoms. The van der Waals surface area contributed by atoms with E-state index in [1.165, 1.54) is 0 Å². The summed E-state index contributed by atoms with van der Waals surface area (Å²) in [6, 6.07) is 4.64. The summed E-state index contributed by atoms with van der Waals surface area (Å²) >= 11 is 6.16. The van der Waals surface area contributed by atoms with Crippen LogP contribution in [0, 0.1) is 11.1 Å². The third kappa shape index (κ3) is 2.29. The summed E-state index contributed by atoms with van der Waals surface area (Å²) in [5, 5.41) is 13.8. The maximum absolute atomic E-state index is 12.6. The van der Waals surface area contributed by atoms with E-state index in [4.69, 9.17) is 16.3 Å². The number of anilines is 1. The molecule has 2 aromatic rings. The summed E-state index contributed by atoms with van der Waals surface area (Å²) in [4.78, 5) is 16.5. The number of esters is 1. The Kier molecular flexibility index (Phi) is 3.32. The molecule has 1 aromatic carbocycles. The number of carbonyl (C=O) groups excluding carboxylic acids is 1. The van der Waals surface area contributed by atoms with E-state index in [9.17, 15) is 10.0 Å². The number of aromatic nitrogens is 2. The van der Waals surface area contributed by atoms with Crippen LogP contribution in [-0.4, -0.2) is 22.1 Å². The van der Waals surface area contributed by atoms with E-state index >= 15 is 0 Å². The van der Waals surface area contributed by atoms with Gasteiger partial charge in [0.15, 0.2) is 5.69 Å². The van der Waals surface area contributed by atoms with E-state index in [0.717, 1.165) is 17.9 Å². The van der Waals surface area contributed by atoms with Crippen LogP contribution in [0.1, 0.15) is 42.0 Å². The smallest absolute Gasteiger partial charge is 0.358 e. The Hall–Kier alpha value is -2.05. The Bertz CT molecular complexity index is 785. The number of hydroxylamine groups is 1. The summed E-state index contributed by atoms with van der Waals surface area (Å²) in [5.41, 5.74) is 1.75. The highest BCUT2D eigenvalue weighted by Gasteiger charge is 2.32. The van der Waals surface area contributed by atoms with Gasteiger partial charge in [-0.2, -0.15) is 0 Å². The van der Waals surface area contributed by atoms with Crippen molar-refractivity contribution in [2.24, 2.45) is 5.92 Å².